The fraction of sp³-hybridized carbons (Fsp3) is 0.133. The van der Waals surface area contributed by atoms with Gasteiger partial charge < -0.3 is 14.5 Å². The molecule has 0 spiro atoms. The molecule has 0 fully saturated rings. The zero-order chi connectivity index (χ0) is 14.8. The second-order valence-corrected chi connectivity index (χ2v) is 4.63. The molecule has 0 aliphatic carbocycles. The Bertz CT molecular complexity index is 810. The van der Waals surface area contributed by atoms with Gasteiger partial charge in [0.2, 0.25) is 5.78 Å². The lowest BCUT2D eigenvalue weighted by Crippen LogP contribution is -2.07. The summed E-state index contributed by atoms with van der Waals surface area (Å²) in [6.07, 6.45) is 5.80. The van der Waals surface area contributed by atoms with Gasteiger partial charge in [-0.05, 0) is 30.7 Å². The molecule has 0 radical (unpaired) electrons. The lowest BCUT2D eigenvalue weighted by molar-refractivity contribution is 0.103. The first-order chi connectivity index (χ1) is 10.2. The van der Waals surface area contributed by atoms with Gasteiger partial charge in [-0.25, -0.2) is 9.78 Å². The third-order valence-electron chi connectivity index (χ3n) is 3.32. The van der Waals surface area contributed by atoms with E-state index in [9.17, 15) is 9.59 Å². The maximum atomic E-state index is 12.4. The van der Waals surface area contributed by atoms with Crippen LogP contribution < -0.4 is 5.69 Å². The molecule has 0 saturated heterocycles. The number of nitrogens with zero attached hydrogens (tertiary/aromatic N) is 2. The van der Waals surface area contributed by atoms with Crippen molar-refractivity contribution in [3.8, 4) is 5.69 Å². The maximum Gasteiger partial charge on any atom is 0.323 e. The van der Waals surface area contributed by atoms with Gasteiger partial charge in [-0.3, -0.25) is 4.79 Å². The Kier molecular flexibility index (Phi) is 3.27. The molecule has 106 valence electrons. The van der Waals surface area contributed by atoms with Crippen LogP contribution in [0, 0.1) is 0 Å². The molecule has 21 heavy (non-hydrogen) atoms. The summed E-state index contributed by atoms with van der Waals surface area (Å²) < 4.78 is 1.85. The molecule has 3 rings (SSSR count). The Morgan fingerprint density at radius 3 is 2.62 bits per heavy atom. The molecule has 0 saturated carbocycles. The molecule has 6 nitrogen and oxygen atoms in total. The number of imidazole rings is 2. The smallest absolute Gasteiger partial charge is 0.309 e. The number of hydrogen-bond donors (Lipinski definition) is 2. The third kappa shape index (κ3) is 2.43. The molecule has 0 atom stereocenters. The van der Waals surface area contributed by atoms with Gasteiger partial charge in [-0.2, -0.15) is 0 Å². The van der Waals surface area contributed by atoms with Crippen LogP contribution in [0.25, 0.3) is 5.69 Å². The third-order valence-corrected chi connectivity index (χ3v) is 3.32. The van der Waals surface area contributed by atoms with E-state index in [0.29, 0.717) is 23.4 Å². The number of H-pyrrole nitrogens is 2. The topological polar surface area (TPSA) is 83.5 Å². The second kappa shape index (κ2) is 5.24. The summed E-state index contributed by atoms with van der Waals surface area (Å²) in [6, 6.07) is 7.15. The highest BCUT2D eigenvalue weighted by Crippen LogP contribution is 2.14. The van der Waals surface area contributed by atoms with Crippen LogP contribution in [0.3, 0.4) is 0 Å². The highest BCUT2D eigenvalue weighted by atomic mass is 16.1. The summed E-state index contributed by atoms with van der Waals surface area (Å²) in [5.41, 5.74) is 2.05. The van der Waals surface area contributed by atoms with Crippen LogP contribution in [0.5, 0.6) is 0 Å². The van der Waals surface area contributed by atoms with Gasteiger partial charge >= 0.3 is 5.69 Å². The molecule has 0 unspecified atom stereocenters. The first-order valence-electron chi connectivity index (χ1n) is 6.63. The molecule has 0 bridgehead atoms. The van der Waals surface area contributed by atoms with Crippen molar-refractivity contribution in [1.82, 2.24) is 19.5 Å². The Hall–Kier alpha value is -2.89. The number of carbonyl (C=O) groups excluding carboxylic acids is 1. The Labute approximate surface area is 120 Å². The number of aromatic nitrogens is 4. The van der Waals surface area contributed by atoms with Crippen LogP contribution in [-0.2, 0) is 6.42 Å². The van der Waals surface area contributed by atoms with Crippen molar-refractivity contribution in [3.05, 3.63) is 70.4 Å². The quantitative estimate of drug-likeness (QED) is 0.714. The Balaban J connectivity index is 1.93. The van der Waals surface area contributed by atoms with E-state index >= 15 is 0 Å². The number of hydrogen-bond acceptors (Lipinski definition) is 3. The van der Waals surface area contributed by atoms with E-state index in [0.717, 1.165) is 5.69 Å². The van der Waals surface area contributed by atoms with E-state index in [1.807, 2.05) is 29.8 Å². The molecule has 0 amide bonds. The van der Waals surface area contributed by atoms with Crippen molar-refractivity contribution < 1.29 is 4.79 Å². The molecule has 0 aliphatic heterocycles. The molecule has 6 heteroatoms. The highest BCUT2D eigenvalue weighted by Gasteiger charge is 2.16. The number of aromatic amines is 2. The van der Waals surface area contributed by atoms with Crippen molar-refractivity contribution in [2.24, 2.45) is 0 Å². The lowest BCUT2D eigenvalue weighted by atomic mass is 10.1. The van der Waals surface area contributed by atoms with Gasteiger partial charge in [-0.15, -0.1) is 0 Å². The predicted molar refractivity (Wildman–Crippen MR) is 77.8 cm³/mol. The molecular weight excluding hydrogens is 268 g/mol. The number of aryl methyl sites for hydroxylation is 1. The first kappa shape index (κ1) is 13.1. The summed E-state index contributed by atoms with van der Waals surface area (Å²) in [7, 11) is 0. The van der Waals surface area contributed by atoms with Crippen LogP contribution in [-0.4, -0.2) is 25.3 Å². The van der Waals surface area contributed by atoms with E-state index in [1.165, 1.54) is 0 Å². The van der Waals surface area contributed by atoms with E-state index in [1.54, 1.807) is 24.7 Å². The average molecular weight is 282 g/mol. The summed E-state index contributed by atoms with van der Waals surface area (Å²) in [6.45, 7) is 1.89. The molecule has 1 aromatic carbocycles. The van der Waals surface area contributed by atoms with Crippen LogP contribution in [0.1, 0.15) is 28.7 Å². The molecule has 2 heterocycles. The van der Waals surface area contributed by atoms with Crippen molar-refractivity contribution in [2.75, 3.05) is 0 Å². The van der Waals surface area contributed by atoms with Crippen LogP contribution in [0.15, 0.2) is 47.8 Å². The van der Waals surface area contributed by atoms with Crippen molar-refractivity contribution >= 4 is 5.78 Å². The summed E-state index contributed by atoms with van der Waals surface area (Å²) in [5, 5.41) is 0. The van der Waals surface area contributed by atoms with Crippen molar-refractivity contribution in [2.45, 2.75) is 13.3 Å². The maximum absolute atomic E-state index is 12.4. The molecule has 2 aromatic heterocycles. The minimum Gasteiger partial charge on any atom is -0.309 e. The fourth-order valence-corrected chi connectivity index (χ4v) is 2.22. The van der Waals surface area contributed by atoms with Gasteiger partial charge in [0.25, 0.3) is 0 Å². The van der Waals surface area contributed by atoms with Crippen molar-refractivity contribution in [3.63, 3.8) is 0 Å². The predicted octanol–water partition coefficient (Wildman–Crippen LogP) is 1.68. The Morgan fingerprint density at radius 2 is 2.00 bits per heavy atom. The Morgan fingerprint density at radius 1 is 1.24 bits per heavy atom. The minimum absolute atomic E-state index is 0.192. The number of ketones is 1. The van der Waals surface area contributed by atoms with E-state index in [4.69, 9.17) is 0 Å². The molecule has 0 aliphatic rings. The van der Waals surface area contributed by atoms with Crippen molar-refractivity contribution in [1.29, 1.82) is 0 Å². The minimum atomic E-state index is -0.356. The SMILES string of the molecule is CCc1[nH]c(=O)[nH]c1C(=O)c1ccc(-n2ccnc2)cc1. The van der Waals surface area contributed by atoms with E-state index in [2.05, 4.69) is 15.0 Å². The summed E-state index contributed by atoms with van der Waals surface area (Å²) >= 11 is 0. The monoisotopic (exact) mass is 282 g/mol. The fourth-order valence-electron chi connectivity index (χ4n) is 2.22. The zero-order valence-electron chi connectivity index (χ0n) is 11.5. The molecular formula is C15H14N4O2. The van der Waals surface area contributed by atoms with Gasteiger partial charge in [0.05, 0.1) is 6.33 Å². The number of nitrogens with one attached hydrogen (secondary N) is 2. The zero-order valence-corrected chi connectivity index (χ0v) is 11.5. The largest absolute Gasteiger partial charge is 0.323 e. The average Bonchev–Trinajstić information content (AvgIpc) is 3.16. The first-order valence-corrected chi connectivity index (χ1v) is 6.63. The number of carbonyl (C=O) groups is 1. The van der Waals surface area contributed by atoms with Gasteiger partial charge in [0.15, 0.2) is 0 Å². The lowest BCUT2D eigenvalue weighted by Gasteiger charge is -2.04. The van der Waals surface area contributed by atoms with Crippen LogP contribution >= 0.6 is 0 Å². The molecule has 3 aromatic rings. The van der Waals surface area contributed by atoms with Gasteiger partial charge in [0, 0.05) is 29.3 Å². The van der Waals surface area contributed by atoms with Crippen LogP contribution in [0.4, 0.5) is 0 Å². The van der Waals surface area contributed by atoms with E-state index < -0.39 is 0 Å². The summed E-state index contributed by atoms with van der Waals surface area (Å²) in [5.74, 6) is -0.192. The standard InChI is InChI=1S/C15H14N4O2/c1-2-12-13(18-15(21)17-12)14(20)10-3-5-11(6-4-10)19-8-7-16-9-19/h3-9H,2H2,1H3,(H2,17,18,21). The number of benzene rings is 1. The van der Waals surface area contributed by atoms with Gasteiger partial charge in [0.1, 0.15) is 5.69 Å². The molecule has 2 N–H and O–H groups in total. The normalized spacial score (nSPS) is 10.7. The second-order valence-electron chi connectivity index (χ2n) is 4.63. The summed E-state index contributed by atoms with van der Waals surface area (Å²) in [4.78, 5) is 32.9. The number of rotatable bonds is 4. The van der Waals surface area contributed by atoms with Crippen LogP contribution in [0.2, 0.25) is 0 Å². The van der Waals surface area contributed by atoms with E-state index in [-0.39, 0.29) is 11.5 Å². The van der Waals surface area contributed by atoms with Gasteiger partial charge in [-0.1, -0.05) is 6.92 Å². The highest BCUT2D eigenvalue weighted by molar-refractivity contribution is 6.08.